The van der Waals surface area contributed by atoms with Gasteiger partial charge in [0, 0.05) is 36.7 Å². The van der Waals surface area contributed by atoms with Crippen LogP contribution in [-0.4, -0.2) is 25.0 Å². The van der Waals surface area contributed by atoms with E-state index in [2.05, 4.69) is 20.9 Å². The fourth-order valence-corrected chi connectivity index (χ4v) is 3.04. The molecule has 0 bridgehead atoms. The summed E-state index contributed by atoms with van der Waals surface area (Å²) >= 11 is 0. The monoisotopic (exact) mass is 482 g/mol. The van der Waals surface area contributed by atoms with Crippen LogP contribution < -0.4 is 16.0 Å². The fraction of sp³-hybridized carbons (Fsp3) is 0.300. The molecule has 0 aliphatic carbocycles. The number of aliphatic imine (C=N–C) groups is 1. The molecule has 1 atom stereocenters. The van der Waals surface area contributed by atoms with Crippen molar-refractivity contribution in [2.45, 2.75) is 25.8 Å². The molecule has 3 rings (SSSR count). The molecule has 3 N–H and O–H groups in total. The van der Waals surface area contributed by atoms with Gasteiger partial charge >= 0.3 is 0 Å². The van der Waals surface area contributed by atoms with Crippen molar-refractivity contribution < 1.29 is 9.18 Å². The normalized spacial score (nSPS) is 16.0. The number of halogens is 2. The van der Waals surface area contributed by atoms with Gasteiger partial charge in [-0.05, 0) is 24.6 Å². The standard InChI is InChI=1S/C20H23FN4O.HI/c1-2-22-20(23-12-14-7-3-5-9-17(14)21)24-13-15-11-19(26)25-18-10-6-4-8-16(15)18;/h3-10,15H,2,11-13H2,1H3,(H,25,26)(H2,22,23,24);1H. The predicted octanol–water partition coefficient (Wildman–Crippen LogP) is 3.62. The maximum Gasteiger partial charge on any atom is 0.225 e. The van der Waals surface area contributed by atoms with Gasteiger partial charge in [0.05, 0.1) is 6.54 Å². The highest BCUT2D eigenvalue weighted by Crippen LogP contribution is 2.31. The summed E-state index contributed by atoms with van der Waals surface area (Å²) in [5.41, 5.74) is 2.53. The summed E-state index contributed by atoms with van der Waals surface area (Å²) in [6, 6.07) is 14.5. The number of guanidine groups is 1. The lowest BCUT2D eigenvalue weighted by Crippen LogP contribution is -2.40. The molecular formula is C20H24FIN4O. The van der Waals surface area contributed by atoms with E-state index in [0.717, 1.165) is 11.3 Å². The van der Waals surface area contributed by atoms with Gasteiger partial charge in [0.2, 0.25) is 5.91 Å². The van der Waals surface area contributed by atoms with Crippen LogP contribution in [0.2, 0.25) is 0 Å². The summed E-state index contributed by atoms with van der Waals surface area (Å²) in [5, 5.41) is 9.34. The lowest BCUT2D eigenvalue weighted by Gasteiger charge is -2.26. The molecule has 0 aromatic heterocycles. The van der Waals surface area contributed by atoms with Crippen molar-refractivity contribution in [3.63, 3.8) is 0 Å². The van der Waals surface area contributed by atoms with Gasteiger partial charge in [-0.25, -0.2) is 9.38 Å². The van der Waals surface area contributed by atoms with Crippen LogP contribution in [-0.2, 0) is 11.3 Å². The number of hydrogen-bond donors (Lipinski definition) is 3. The molecule has 7 heteroatoms. The van der Waals surface area contributed by atoms with Crippen molar-refractivity contribution in [1.82, 2.24) is 10.6 Å². The number of fused-ring (bicyclic) bond motifs is 1. The molecule has 1 aliphatic rings. The maximum absolute atomic E-state index is 13.8. The van der Waals surface area contributed by atoms with Crippen molar-refractivity contribution in [2.24, 2.45) is 4.99 Å². The second-order valence-electron chi connectivity index (χ2n) is 6.20. The molecule has 1 heterocycles. The molecule has 1 aliphatic heterocycles. The van der Waals surface area contributed by atoms with Gasteiger partial charge in [0.15, 0.2) is 5.96 Å². The van der Waals surface area contributed by atoms with E-state index < -0.39 is 0 Å². The van der Waals surface area contributed by atoms with Gasteiger partial charge in [-0.15, -0.1) is 24.0 Å². The van der Waals surface area contributed by atoms with E-state index in [1.807, 2.05) is 31.2 Å². The topological polar surface area (TPSA) is 65.5 Å². The van der Waals surface area contributed by atoms with E-state index in [9.17, 15) is 9.18 Å². The number of rotatable bonds is 5. The van der Waals surface area contributed by atoms with Gasteiger partial charge in [-0.1, -0.05) is 36.4 Å². The van der Waals surface area contributed by atoms with Crippen LogP contribution >= 0.6 is 24.0 Å². The van der Waals surface area contributed by atoms with Crippen LogP contribution in [0.1, 0.15) is 30.4 Å². The zero-order chi connectivity index (χ0) is 18.4. The number of nitrogens with one attached hydrogen (secondary N) is 3. The number of carbonyl (C=O) groups excluding carboxylic acids is 1. The number of nitrogens with zero attached hydrogens (tertiary/aromatic N) is 1. The Hall–Kier alpha value is -2.16. The van der Waals surface area contributed by atoms with Gasteiger partial charge in [0.1, 0.15) is 5.82 Å². The third-order valence-corrected chi connectivity index (χ3v) is 4.33. The summed E-state index contributed by atoms with van der Waals surface area (Å²) in [5.74, 6) is 0.435. The minimum Gasteiger partial charge on any atom is -0.357 e. The molecular weight excluding hydrogens is 458 g/mol. The quantitative estimate of drug-likeness (QED) is 0.347. The second kappa shape index (κ2) is 10.2. The Balaban J connectivity index is 0.00000261. The molecule has 0 saturated carbocycles. The molecule has 1 amide bonds. The van der Waals surface area contributed by atoms with Gasteiger partial charge in [-0.3, -0.25) is 4.79 Å². The number of carbonyl (C=O) groups is 1. The maximum atomic E-state index is 13.8. The molecule has 0 saturated heterocycles. The van der Waals surface area contributed by atoms with Crippen molar-refractivity contribution in [1.29, 1.82) is 0 Å². The van der Waals surface area contributed by atoms with Crippen molar-refractivity contribution in [3.8, 4) is 0 Å². The van der Waals surface area contributed by atoms with E-state index in [1.165, 1.54) is 6.07 Å². The number of benzene rings is 2. The first-order chi connectivity index (χ1) is 12.7. The molecule has 5 nitrogen and oxygen atoms in total. The third kappa shape index (κ3) is 5.66. The second-order valence-corrected chi connectivity index (χ2v) is 6.20. The predicted molar refractivity (Wildman–Crippen MR) is 117 cm³/mol. The smallest absolute Gasteiger partial charge is 0.225 e. The summed E-state index contributed by atoms with van der Waals surface area (Å²) in [7, 11) is 0. The third-order valence-electron chi connectivity index (χ3n) is 4.33. The molecule has 1 unspecified atom stereocenters. The van der Waals surface area contributed by atoms with E-state index in [0.29, 0.717) is 31.0 Å². The van der Waals surface area contributed by atoms with E-state index in [1.54, 1.807) is 18.2 Å². The number of para-hydroxylation sites is 1. The van der Waals surface area contributed by atoms with Gasteiger partial charge in [-0.2, -0.15) is 0 Å². The van der Waals surface area contributed by atoms with Gasteiger partial charge < -0.3 is 16.0 Å². The number of amides is 1. The number of anilines is 1. The zero-order valence-electron chi connectivity index (χ0n) is 15.2. The first-order valence-corrected chi connectivity index (χ1v) is 8.81. The average molecular weight is 482 g/mol. The minimum absolute atomic E-state index is 0. The first kappa shape index (κ1) is 21.1. The highest BCUT2D eigenvalue weighted by molar-refractivity contribution is 14.0. The highest BCUT2D eigenvalue weighted by atomic mass is 127. The number of hydrogen-bond acceptors (Lipinski definition) is 2. The lowest BCUT2D eigenvalue weighted by atomic mass is 9.90. The zero-order valence-corrected chi connectivity index (χ0v) is 17.5. The van der Waals surface area contributed by atoms with Crippen LogP contribution in [0.3, 0.4) is 0 Å². The molecule has 2 aromatic rings. The Bertz CT molecular complexity index is 812. The van der Waals surface area contributed by atoms with Crippen LogP contribution in [0.15, 0.2) is 53.5 Å². The SMILES string of the molecule is CCNC(=NCc1ccccc1F)NCC1CC(=O)Nc2ccccc21.I. The van der Waals surface area contributed by atoms with E-state index in [-0.39, 0.29) is 48.2 Å². The van der Waals surface area contributed by atoms with Crippen molar-refractivity contribution in [3.05, 3.63) is 65.5 Å². The summed E-state index contributed by atoms with van der Waals surface area (Å²) < 4.78 is 13.8. The van der Waals surface area contributed by atoms with Crippen LogP contribution in [0.25, 0.3) is 0 Å². The van der Waals surface area contributed by atoms with Crippen molar-refractivity contribution >= 4 is 41.5 Å². The van der Waals surface area contributed by atoms with Crippen LogP contribution in [0, 0.1) is 5.82 Å². The van der Waals surface area contributed by atoms with Gasteiger partial charge in [0.25, 0.3) is 0 Å². The Kier molecular flexibility index (Phi) is 8.02. The Morgan fingerprint density at radius 3 is 2.70 bits per heavy atom. The lowest BCUT2D eigenvalue weighted by molar-refractivity contribution is -0.116. The van der Waals surface area contributed by atoms with Crippen molar-refractivity contribution in [2.75, 3.05) is 18.4 Å². The Morgan fingerprint density at radius 2 is 1.93 bits per heavy atom. The molecule has 0 spiro atoms. The molecule has 27 heavy (non-hydrogen) atoms. The first-order valence-electron chi connectivity index (χ1n) is 8.81. The highest BCUT2D eigenvalue weighted by Gasteiger charge is 2.24. The summed E-state index contributed by atoms with van der Waals surface area (Å²) in [4.78, 5) is 16.4. The Morgan fingerprint density at radius 1 is 1.19 bits per heavy atom. The Labute approximate surface area is 175 Å². The molecule has 0 fully saturated rings. The molecule has 0 radical (unpaired) electrons. The van der Waals surface area contributed by atoms with Crippen LogP contribution in [0.4, 0.5) is 10.1 Å². The summed E-state index contributed by atoms with van der Waals surface area (Å²) in [6.45, 7) is 3.51. The summed E-state index contributed by atoms with van der Waals surface area (Å²) in [6.07, 6.45) is 0.427. The van der Waals surface area contributed by atoms with E-state index >= 15 is 0 Å². The minimum atomic E-state index is -0.259. The van der Waals surface area contributed by atoms with E-state index in [4.69, 9.17) is 0 Å². The molecule has 144 valence electrons. The van der Waals surface area contributed by atoms with Crippen LogP contribution in [0.5, 0.6) is 0 Å². The average Bonchev–Trinajstić information content (AvgIpc) is 2.64. The molecule has 2 aromatic carbocycles. The largest absolute Gasteiger partial charge is 0.357 e. The fourth-order valence-electron chi connectivity index (χ4n) is 3.04.